The predicted molar refractivity (Wildman–Crippen MR) is 62.5 cm³/mol. The van der Waals surface area contributed by atoms with Crippen molar-refractivity contribution in [2.45, 2.75) is 39.3 Å². The maximum atomic E-state index is 11.8. The molecule has 1 aliphatic heterocycles. The van der Waals surface area contributed by atoms with Gasteiger partial charge in [0.25, 0.3) is 0 Å². The molecule has 0 bridgehead atoms. The molecule has 0 radical (unpaired) electrons. The number of hydrogen-bond donors (Lipinski definition) is 1. The van der Waals surface area contributed by atoms with Crippen LogP contribution in [0.15, 0.2) is 16.5 Å². The Hall–Kier alpha value is -1.29. The first-order valence-electron chi connectivity index (χ1n) is 5.69. The molecule has 1 unspecified atom stereocenters. The van der Waals surface area contributed by atoms with Crippen LogP contribution in [0.2, 0.25) is 0 Å². The minimum Gasteiger partial charge on any atom is -0.445 e. The van der Waals surface area contributed by atoms with E-state index in [0.717, 1.165) is 5.76 Å². The molecular weight excluding hydrogens is 204 g/mol. The SMILES string of the molecule is Cc1ccc(N2CC(NC(C)C)CC2=O)o1. The van der Waals surface area contributed by atoms with Crippen LogP contribution in [0.3, 0.4) is 0 Å². The number of aryl methyl sites for hydroxylation is 1. The van der Waals surface area contributed by atoms with Gasteiger partial charge in [0.1, 0.15) is 5.76 Å². The Morgan fingerprint density at radius 2 is 2.25 bits per heavy atom. The van der Waals surface area contributed by atoms with E-state index in [1.54, 1.807) is 4.90 Å². The fourth-order valence-electron chi connectivity index (χ4n) is 2.07. The van der Waals surface area contributed by atoms with E-state index in [-0.39, 0.29) is 11.9 Å². The highest BCUT2D eigenvalue weighted by Crippen LogP contribution is 2.23. The number of amides is 1. The van der Waals surface area contributed by atoms with Crippen LogP contribution < -0.4 is 10.2 Å². The zero-order chi connectivity index (χ0) is 11.7. The van der Waals surface area contributed by atoms with Gasteiger partial charge in [-0.1, -0.05) is 13.8 Å². The molecular formula is C12H18N2O2. The molecule has 4 heteroatoms. The Morgan fingerprint density at radius 1 is 1.50 bits per heavy atom. The lowest BCUT2D eigenvalue weighted by atomic mass is 10.2. The van der Waals surface area contributed by atoms with Crippen molar-refractivity contribution in [1.82, 2.24) is 5.32 Å². The normalized spacial score (nSPS) is 21.1. The topological polar surface area (TPSA) is 45.5 Å². The molecule has 1 aromatic rings. The molecule has 0 spiro atoms. The number of rotatable bonds is 3. The number of carbonyl (C=O) groups is 1. The number of nitrogens with zero attached hydrogens (tertiary/aromatic N) is 1. The second kappa shape index (κ2) is 4.29. The molecule has 4 nitrogen and oxygen atoms in total. The summed E-state index contributed by atoms with van der Waals surface area (Å²) >= 11 is 0. The molecule has 1 atom stereocenters. The second-order valence-electron chi connectivity index (χ2n) is 4.61. The van der Waals surface area contributed by atoms with E-state index >= 15 is 0 Å². The van der Waals surface area contributed by atoms with Gasteiger partial charge in [0.2, 0.25) is 11.8 Å². The van der Waals surface area contributed by atoms with Gasteiger partial charge in [-0.25, -0.2) is 0 Å². The van der Waals surface area contributed by atoms with Crippen molar-refractivity contribution in [2.24, 2.45) is 0 Å². The van der Waals surface area contributed by atoms with Crippen LogP contribution in [0, 0.1) is 6.92 Å². The van der Waals surface area contributed by atoms with Gasteiger partial charge in [0.15, 0.2) is 0 Å². The minimum absolute atomic E-state index is 0.132. The zero-order valence-corrected chi connectivity index (χ0v) is 9.99. The van der Waals surface area contributed by atoms with Crippen LogP contribution in [0.1, 0.15) is 26.0 Å². The molecule has 1 aliphatic rings. The Kier molecular flexibility index (Phi) is 3.01. The number of furan rings is 1. The van der Waals surface area contributed by atoms with Crippen molar-refractivity contribution < 1.29 is 9.21 Å². The monoisotopic (exact) mass is 222 g/mol. The number of carbonyl (C=O) groups excluding carboxylic acids is 1. The average Bonchev–Trinajstić information content (AvgIpc) is 2.72. The first kappa shape index (κ1) is 11.2. The van der Waals surface area contributed by atoms with Gasteiger partial charge >= 0.3 is 0 Å². The smallest absolute Gasteiger partial charge is 0.230 e. The summed E-state index contributed by atoms with van der Waals surface area (Å²) in [6.45, 7) is 6.76. The molecule has 0 saturated carbocycles. The standard InChI is InChI=1S/C12H18N2O2/c1-8(2)13-10-6-11(15)14(7-10)12-5-4-9(3)16-12/h4-5,8,10,13H,6-7H2,1-3H3. The van der Waals surface area contributed by atoms with E-state index in [4.69, 9.17) is 4.42 Å². The number of hydrogen-bond acceptors (Lipinski definition) is 3. The summed E-state index contributed by atoms with van der Waals surface area (Å²) in [7, 11) is 0. The number of nitrogens with one attached hydrogen (secondary N) is 1. The highest BCUT2D eigenvalue weighted by atomic mass is 16.4. The van der Waals surface area contributed by atoms with Crippen LogP contribution in [0.5, 0.6) is 0 Å². The van der Waals surface area contributed by atoms with Gasteiger partial charge in [0.05, 0.1) is 0 Å². The minimum atomic E-state index is 0.132. The molecule has 1 saturated heterocycles. The van der Waals surface area contributed by atoms with Crippen molar-refractivity contribution in [1.29, 1.82) is 0 Å². The van der Waals surface area contributed by atoms with E-state index in [9.17, 15) is 4.79 Å². The highest BCUT2D eigenvalue weighted by Gasteiger charge is 2.32. The maximum absolute atomic E-state index is 11.8. The van der Waals surface area contributed by atoms with E-state index in [1.165, 1.54) is 0 Å². The van der Waals surface area contributed by atoms with Crippen LogP contribution in [-0.2, 0) is 4.79 Å². The summed E-state index contributed by atoms with van der Waals surface area (Å²) in [5.74, 6) is 1.63. The van der Waals surface area contributed by atoms with E-state index in [1.807, 2.05) is 19.1 Å². The molecule has 1 aromatic heterocycles. The van der Waals surface area contributed by atoms with Crippen LogP contribution >= 0.6 is 0 Å². The van der Waals surface area contributed by atoms with Gasteiger partial charge in [-0.2, -0.15) is 0 Å². The lowest BCUT2D eigenvalue weighted by Gasteiger charge is -2.16. The van der Waals surface area contributed by atoms with Crippen molar-refractivity contribution in [3.05, 3.63) is 17.9 Å². The molecule has 1 fully saturated rings. The van der Waals surface area contributed by atoms with Gasteiger partial charge in [-0.15, -0.1) is 0 Å². The van der Waals surface area contributed by atoms with Crippen molar-refractivity contribution >= 4 is 11.8 Å². The van der Waals surface area contributed by atoms with Gasteiger partial charge in [-0.05, 0) is 13.0 Å². The largest absolute Gasteiger partial charge is 0.445 e. The van der Waals surface area contributed by atoms with E-state index in [0.29, 0.717) is 24.9 Å². The Morgan fingerprint density at radius 3 is 2.81 bits per heavy atom. The zero-order valence-electron chi connectivity index (χ0n) is 9.99. The summed E-state index contributed by atoms with van der Waals surface area (Å²) in [6, 6.07) is 4.37. The first-order chi connectivity index (χ1) is 7.56. The molecule has 0 aliphatic carbocycles. The van der Waals surface area contributed by atoms with Crippen molar-refractivity contribution in [3.8, 4) is 0 Å². The summed E-state index contributed by atoms with van der Waals surface area (Å²) in [4.78, 5) is 13.5. The first-order valence-corrected chi connectivity index (χ1v) is 5.69. The average molecular weight is 222 g/mol. The lowest BCUT2D eigenvalue weighted by Crippen LogP contribution is -2.37. The Labute approximate surface area is 95.6 Å². The van der Waals surface area contributed by atoms with Crippen LogP contribution in [-0.4, -0.2) is 24.5 Å². The second-order valence-corrected chi connectivity index (χ2v) is 4.61. The van der Waals surface area contributed by atoms with Crippen LogP contribution in [0.25, 0.3) is 0 Å². The van der Waals surface area contributed by atoms with Gasteiger partial charge in [0, 0.05) is 31.1 Å². The molecule has 0 aromatic carbocycles. The summed E-state index contributed by atoms with van der Waals surface area (Å²) in [6.07, 6.45) is 0.553. The van der Waals surface area contributed by atoms with Gasteiger partial charge < -0.3 is 9.73 Å². The molecule has 1 N–H and O–H groups in total. The summed E-state index contributed by atoms with van der Waals surface area (Å²) in [5, 5.41) is 3.37. The predicted octanol–water partition coefficient (Wildman–Crippen LogP) is 1.69. The lowest BCUT2D eigenvalue weighted by molar-refractivity contribution is -0.117. The third-order valence-corrected chi connectivity index (χ3v) is 2.69. The fraction of sp³-hybridized carbons (Fsp3) is 0.583. The van der Waals surface area contributed by atoms with E-state index in [2.05, 4.69) is 19.2 Å². The highest BCUT2D eigenvalue weighted by molar-refractivity contribution is 5.95. The molecule has 88 valence electrons. The molecule has 1 amide bonds. The molecule has 2 heterocycles. The summed E-state index contributed by atoms with van der Waals surface area (Å²) < 4.78 is 5.47. The fourth-order valence-corrected chi connectivity index (χ4v) is 2.07. The number of anilines is 1. The molecule has 2 rings (SSSR count). The van der Waals surface area contributed by atoms with Crippen molar-refractivity contribution in [3.63, 3.8) is 0 Å². The van der Waals surface area contributed by atoms with Crippen molar-refractivity contribution in [2.75, 3.05) is 11.4 Å². The third kappa shape index (κ3) is 2.27. The Bertz CT molecular complexity index is 384. The summed E-state index contributed by atoms with van der Waals surface area (Å²) in [5.41, 5.74) is 0. The molecule has 16 heavy (non-hydrogen) atoms. The maximum Gasteiger partial charge on any atom is 0.230 e. The van der Waals surface area contributed by atoms with Crippen LogP contribution in [0.4, 0.5) is 5.88 Å². The van der Waals surface area contributed by atoms with E-state index < -0.39 is 0 Å². The quantitative estimate of drug-likeness (QED) is 0.846. The van der Waals surface area contributed by atoms with Gasteiger partial charge in [-0.3, -0.25) is 9.69 Å². The Balaban J connectivity index is 2.05. The third-order valence-electron chi connectivity index (χ3n) is 2.69.